The van der Waals surface area contributed by atoms with Gasteiger partial charge in [-0.25, -0.2) is 0 Å². The van der Waals surface area contributed by atoms with Crippen molar-refractivity contribution in [3.63, 3.8) is 0 Å². The standard InChI is InChI=1S/C24H40N2O2/c1-3-4-5-6-7-8-9-10-11-12-13-14-24(28)26-22-18-15-21(16-19-22)17-20-23(27)25-2/h15-16,18-19H,3-14,17,20H2,1-2H3,(H,25,27)(H,26,28). The summed E-state index contributed by atoms with van der Waals surface area (Å²) < 4.78 is 0. The third-order valence-corrected chi connectivity index (χ3v) is 5.16. The summed E-state index contributed by atoms with van der Waals surface area (Å²) in [5.41, 5.74) is 1.93. The summed E-state index contributed by atoms with van der Waals surface area (Å²) in [6.07, 6.45) is 16.0. The van der Waals surface area contributed by atoms with Crippen molar-refractivity contribution in [3.05, 3.63) is 29.8 Å². The van der Waals surface area contributed by atoms with Crippen LogP contribution in [0.25, 0.3) is 0 Å². The van der Waals surface area contributed by atoms with E-state index in [1.54, 1.807) is 7.05 Å². The average Bonchev–Trinajstić information content (AvgIpc) is 2.71. The van der Waals surface area contributed by atoms with Crippen LogP contribution in [0.2, 0.25) is 0 Å². The molecule has 158 valence electrons. The first kappa shape index (κ1) is 24.2. The fourth-order valence-corrected chi connectivity index (χ4v) is 3.31. The summed E-state index contributed by atoms with van der Waals surface area (Å²) in [7, 11) is 1.65. The molecule has 1 aromatic rings. The molecule has 0 heterocycles. The predicted octanol–water partition coefficient (Wildman–Crippen LogP) is 6.00. The highest BCUT2D eigenvalue weighted by Crippen LogP contribution is 2.14. The molecular formula is C24H40N2O2. The fourth-order valence-electron chi connectivity index (χ4n) is 3.31. The minimum Gasteiger partial charge on any atom is -0.359 e. The van der Waals surface area contributed by atoms with Gasteiger partial charge in [0, 0.05) is 25.6 Å². The lowest BCUT2D eigenvalue weighted by Gasteiger charge is -2.07. The second-order valence-electron chi connectivity index (χ2n) is 7.70. The monoisotopic (exact) mass is 388 g/mol. The Balaban J connectivity index is 2.03. The zero-order valence-corrected chi connectivity index (χ0v) is 18.0. The van der Waals surface area contributed by atoms with Crippen LogP contribution >= 0.6 is 0 Å². The Bertz CT molecular complexity index is 540. The normalized spacial score (nSPS) is 10.6. The Hall–Kier alpha value is -1.84. The van der Waals surface area contributed by atoms with Crippen LogP contribution in [0.5, 0.6) is 0 Å². The second kappa shape index (κ2) is 16.1. The number of unbranched alkanes of at least 4 members (excludes halogenated alkanes) is 10. The second-order valence-corrected chi connectivity index (χ2v) is 7.70. The van der Waals surface area contributed by atoms with Gasteiger partial charge in [-0.1, -0.05) is 83.3 Å². The van der Waals surface area contributed by atoms with Crippen molar-refractivity contribution in [3.8, 4) is 0 Å². The molecule has 0 fully saturated rings. The smallest absolute Gasteiger partial charge is 0.224 e. The highest BCUT2D eigenvalue weighted by atomic mass is 16.2. The van der Waals surface area contributed by atoms with Crippen LogP contribution in [-0.4, -0.2) is 18.9 Å². The van der Waals surface area contributed by atoms with E-state index in [1.807, 2.05) is 24.3 Å². The lowest BCUT2D eigenvalue weighted by atomic mass is 10.1. The van der Waals surface area contributed by atoms with E-state index in [9.17, 15) is 9.59 Å². The summed E-state index contributed by atoms with van der Waals surface area (Å²) in [6, 6.07) is 7.77. The van der Waals surface area contributed by atoms with Gasteiger partial charge >= 0.3 is 0 Å². The number of hydrogen-bond acceptors (Lipinski definition) is 2. The molecule has 0 atom stereocenters. The molecule has 0 spiro atoms. The molecule has 0 bridgehead atoms. The quantitative estimate of drug-likeness (QED) is 0.341. The van der Waals surface area contributed by atoms with Crippen molar-refractivity contribution in [2.45, 2.75) is 96.8 Å². The highest BCUT2D eigenvalue weighted by molar-refractivity contribution is 5.90. The van der Waals surface area contributed by atoms with Crippen molar-refractivity contribution in [1.82, 2.24) is 5.32 Å². The topological polar surface area (TPSA) is 58.2 Å². The Kier molecular flexibility index (Phi) is 14.0. The molecule has 4 heteroatoms. The van der Waals surface area contributed by atoms with Gasteiger partial charge in [-0.2, -0.15) is 0 Å². The summed E-state index contributed by atoms with van der Waals surface area (Å²) in [5, 5.41) is 5.59. The van der Waals surface area contributed by atoms with E-state index in [-0.39, 0.29) is 11.8 Å². The first-order valence-electron chi connectivity index (χ1n) is 11.2. The van der Waals surface area contributed by atoms with Gasteiger partial charge in [0.05, 0.1) is 0 Å². The van der Waals surface area contributed by atoms with Crippen LogP contribution in [-0.2, 0) is 16.0 Å². The van der Waals surface area contributed by atoms with Gasteiger partial charge in [0.25, 0.3) is 0 Å². The number of aryl methyl sites for hydroxylation is 1. The van der Waals surface area contributed by atoms with E-state index in [0.29, 0.717) is 19.3 Å². The molecule has 28 heavy (non-hydrogen) atoms. The molecule has 2 amide bonds. The summed E-state index contributed by atoms with van der Waals surface area (Å²) in [5.74, 6) is 0.137. The zero-order valence-electron chi connectivity index (χ0n) is 18.0. The van der Waals surface area contributed by atoms with Crippen LogP contribution in [0.3, 0.4) is 0 Å². The van der Waals surface area contributed by atoms with Gasteiger partial charge < -0.3 is 10.6 Å². The third kappa shape index (κ3) is 12.5. The molecule has 1 aromatic carbocycles. The third-order valence-electron chi connectivity index (χ3n) is 5.16. The Labute approximate surface area is 171 Å². The summed E-state index contributed by atoms with van der Waals surface area (Å²) in [4.78, 5) is 23.3. The number of anilines is 1. The number of benzene rings is 1. The number of hydrogen-bond donors (Lipinski definition) is 2. The number of carbonyl (C=O) groups excluding carboxylic acids is 2. The molecule has 0 aliphatic carbocycles. The van der Waals surface area contributed by atoms with Gasteiger partial charge in [0.15, 0.2) is 0 Å². The first-order chi connectivity index (χ1) is 13.7. The molecule has 0 aliphatic heterocycles. The summed E-state index contributed by atoms with van der Waals surface area (Å²) in [6.45, 7) is 2.26. The zero-order chi connectivity index (χ0) is 20.5. The molecule has 0 saturated carbocycles. The van der Waals surface area contributed by atoms with Gasteiger partial charge in [-0.3, -0.25) is 9.59 Å². The maximum absolute atomic E-state index is 12.0. The van der Waals surface area contributed by atoms with Gasteiger partial charge in [0.2, 0.25) is 11.8 Å². The molecule has 0 saturated heterocycles. The van der Waals surface area contributed by atoms with Gasteiger partial charge in [-0.05, 0) is 30.5 Å². The maximum atomic E-state index is 12.0. The van der Waals surface area contributed by atoms with Gasteiger partial charge in [0.1, 0.15) is 0 Å². The van der Waals surface area contributed by atoms with E-state index >= 15 is 0 Å². The highest BCUT2D eigenvalue weighted by Gasteiger charge is 2.04. The molecule has 0 unspecified atom stereocenters. The summed E-state index contributed by atoms with van der Waals surface area (Å²) >= 11 is 0. The van der Waals surface area contributed by atoms with Crippen LogP contribution in [0.4, 0.5) is 5.69 Å². The van der Waals surface area contributed by atoms with Crippen molar-refractivity contribution in [1.29, 1.82) is 0 Å². The van der Waals surface area contributed by atoms with E-state index in [4.69, 9.17) is 0 Å². The van der Waals surface area contributed by atoms with E-state index in [2.05, 4.69) is 17.6 Å². The van der Waals surface area contributed by atoms with Crippen LogP contribution in [0.15, 0.2) is 24.3 Å². The maximum Gasteiger partial charge on any atom is 0.224 e. The molecule has 0 aromatic heterocycles. The molecule has 0 radical (unpaired) electrons. The number of carbonyl (C=O) groups is 2. The SMILES string of the molecule is CCCCCCCCCCCCCC(=O)Nc1ccc(CCC(=O)NC)cc1. The molecule has 4 nitrogen and oxygen atoms in total. The Morgan fingerprint density at radius 1 is 0.714 bits per heavy atom. The van der Waals surface area contributed by atoms with Crippen LogP contribution in [0.1, 0.15) is 96.0 Å². The minimum atomic E-state index is 0.0457. The van der Waals surface area contributed by atoms with E-state index in [0.717, 1.165) is 24.1 Å². The van der Waals surface area contributed by atoms with E-state index in [1.165, 1.54) is 57.8 Å². The molecule has 1 rings (SSSR count). The number of nitrogens with one attached hydrogen (secondary N) is 2. The molecular weight excluding hydrogens is 348 g/mol. The largest absolute Gasteiger partial charge is 0.359 e. The minimum absolute atomic E-state index is 0.0457. The Morgan fingerprint density at radius 3 is 1.79 bits per heavy atom. The number of rotatable bonds is 16. The predicted molar refractivity (Wildman–Crippen MR) is 119 cm³/mol. The van der Waals surface area contributed by atoms with Gasteiger partial charge in [-0.15, -0.1) is 0 Å². The lowest BCUT2D eigenvalue weighted by molar-refractivity contribution is -0.120. The average molecular weight is 389 g/mol. The first-order valence-corrected chi connectivity index (χ1v) is 11.2. The Morgan fingerprint density at radius 2 is 1.25 bits per heavy atom. The van der Waals surface area contributed by atoms with Crippen molar-refractivity contribution >= 4 is 17.5 Å². The fraction of sp³-hybridized carbons (Fsp3) is 0.667. The van der Waals surface area contributed by atoms with Crippen molar-refractivity contribution in [2.24, 2.45) is 0 Å². The lowest BCUT2D eigenvalue weighted by Crippen LogP contribution is -2.17. The van der Waals surface area contributed by atoms with Crippen LogP contribution in [0, 0.1) is 0 Å². The van der Waals surface area contributed by atoms with Crippen molar-refractivity contribution < 1.29 is 9.59 Å². The molecule has 0 aliphatic rings. The van der Waals surface area contributed by atoms with Crippen LogP contribution < -0.4 is 10.6 Å². The number of amides is 2. The van der Waals surface area contributed by atoms with Crippen molar-refractivity contribution in [2.75, 3.05) is 12.4 Å². The van der Waals surface area contributed by atoms with E-state index < -0.39 is 0 Å². The molecule has 2 N–H and O–H groups in total.